The number of amides is 2. The van der Waals surface area contributed by atoms with Crippen molar-refractivity contribution in [2.24, 2.45) is 11.7 Å². The third-order valence-electron chi connectivity index (χ3n) is 5.56. The highest BCUT2D eigenvalue weighted by molar-refractivity contribution is 6.02. The largest absolute Gasteiger partial charge is 0.390 e. The van der Waals surface area contributed by atoms with Crippen molar-refractivity contribution in [2.45, 2.75) is 50.2 Å². The first-order chi connectivity index (χ1) is 13.6. The van der Waals surface area contributed by atoms with Crippen LogP contribution in [0.4, 0.5) is 19.0 Å². The Labute approximate surface area is 165 Å². The maximum atomic E-state index is 12.5. The summed E-state index contributed by atoms with van der Waals surface area (Å²) >= 11 is 0. The fourth-order valence-electron chi connectivity index (χ4n) is 3.57. The Bertz CT molecular complexity index is 817. The molecule has 2 fully saturated rings. The number of rotatable bonds is 7. The normalized spacial score (nSPS) is 19.5. The van der Waals surface area contributed by atoms with Gasteiger partial charge in [-0.05, 0) is 25.7 Å². The molecule has 1 aliphatic carbocycles. The molecule has 0 atom stereocenters. The molecule has 8 nitrogen and oxygen atoms in total. The molecule has 2 aliphatic rings. The van der Waals surface area contributed by atoms with Crippen LogP contribution in [-0.4, -0.2) is 52.3 Å². The van der Waals surface area contributed by atoms with E-state index in [1.54, 1.807) is 4.90 Å². The van der Waals surface area contributed by atoms with Crippen LogP contribution in [-0.2, 0) is 10.3 Å². The number of likely N-dealkylation sites (tertiary alicyclic amines) is 1. The van der Waals surface area contributed by atoms with Gasteiger partial charge in [0.15, 0.2) is 5.82 Å². The number of hydrogen-bond acceptors (Lipinski definition) is 5. The lowest BCUT2D eigenvalue weighted by Gasteiger charge is -2.40. The molecule has 1 saturated carbocycles. The second kappa shape index (κ2) is 8.02. The third kappa shape index (κ3) is 5.06. The number of nitrogens with two attached hydrogens (primary N) is 1. The standard InChI is InChI=1S/C18H23F3N6O2/c19-18(20,21)6-10-26-8-4-17(3-7-22,5-9-26)27-11-13(14(23)28)15(25-27)24-16(29)12-1-2-12/h11-12H,1-6,8-10H2,(H2,23,28)(H,24,25,29). The van der Waals surface area contributed by atoms with E-state index < -0.39 is 24.0 Å². The molecule has 0 unspecified atom stereocenters. The summed E-state index contributed by atoms with van der Waals surface area (Å²) in [5.74, 6) is -1.01. The number of nitrogens with zero attached hydrogens (tertiary/aromatic N) is 4. The van der Waals surface area contributed by atoms with Gasteiger partial charge in [-0.1, -0.05) is 0 Å². The summed E-state index contributed by atoms with van der Waals surface area (Å²) in [6.45, 7) is 0.640. The van der Waals surface area contributed by atoms with Crippen LogP contribution >= 0.6 is 0 Å². The van der Waals surface area contributed by atoms with Crippen molar-refractivity contribution in [1.29, 1.82) is 5.26 Å². The van der Waals surface area contributed by atoms with Crippen LogP contribution in [0.1, 0.15) is 48.9 Å². The number of anilines is 1. The minimum absolute atomic E-state index is 0.0517. The molecule has 158 valence electrons. The third-order valence-corrected chi connectivity index (χ3v) is 5.56. The van der Waals surface area contributed by atoms with E-state index in [0.29, 0.717) is 25.9 Å². The lowest BCUT2D eigenvalue weighted by molar-refractivity contribution is -0.139. The number of halogens is 3. The highest BCUT2D eigenvalue weighted by Gasteiger charge is 2.39. The molecule has 11 heteroatoms. The molecule has 3 rings (SSSR count). The van der Waals surface area contributed by atoms with E-state index >= 15 is 0 Å². The molecular weight excluding hydrogens is 389 g/mol. The Morgan fingerprint density at radius 2 is 2.00 bits per heavy atom. The number of alkyl halides is 3. The molecule has 1 aliphatic heterocycles. The van der Waals surface area contributed by atoms with Crippen molar-refractivity contribution in [1.82, 2.24) is 14.7 Å². The van der Waals surface area contributed by atoms with Crippen molar-refractivity contribution in [2.75, 3.05) is 25.0 Å². The first-order valence-corrected chi connectivity index (χ1v) is 9.50. The molecule has 2 heterocycles. The molecule has 2 amide bonds. The van der Waals surface area contributed by atoms with Gasteiger partial charge in [-0.3, -0.25) is 14.3 Å². The number of carbonyl (C=O) groups excluding carboxylic acids is 2. The number of nitrogens with one attached hydrogen (secondary N) is 1. The lowest BCUT2D eigenvalue weighted by atomic mass is 9.85. The molecule has 0 aromatic carbocycles. The van der Waals surface area contributed by atoms with E-state index in [1.165, 1.54) is 10.9 Å². The zero-order chi connectivity index (χ0) is 21.2. The van der Waals surface area contributed by atoms with Crippen LogP contribution in [0.2, 0.25) is 0 Å². The molecule has 1 aromatic rings. The van der Waals surface area contributed by atoms with E-state index in [0.717, 1.165) is 12.8 Å². The second-order valence-corrected chi connectivity index (χ2v) is 7.73. The number of carbonyl (C=O) groups is 2. The predicted octanol–water partition coefficient (Wildman–Crippen LogP) is 1.99. The van der Waals surface area contributed by atoms with Gasteiger partial charge in [0.05, 0.1) is 24.4 Å². The summed E-state index contributed by atoms with van der Waals surface area (Å²) in [5.41, 5.74) is 4.71. The summed E-state index contributed by atoms with van der Waals surface area (Å²) in [4.78, 5) is 25.6. The SMILES string of the molecule is N#CCC1(n2cc(C(N)=O)c(NC(=O)C3CC3)n2)CCN(CCC(F)(F)F)CC1. The first-order valence-electron chi connectivity index (χ1n) is 9.50. The van der Waals surface area contributed by atoms with E-state index in [-0.39, 0.29) is 36.2 Å². The fourth-order valence-corrected chi connectivity index (χ4v) is 3.57. The Hall–Kier alpha value is -2.61. The number of aromatic nitrogens is 2. The Morgan fingerprint density at radius 1 is 1.34 bits per heavy atom. The quantitative estimate of drug-likeness (QED) is 0.710. The highest BCUT2D eigenvalue weighted by atomic mass is 19.4. The number of piperidine rings is 1. The van der Waals surface area contributed by atoms with Crippen LogP contribution in [0.15, 0.2) is 6.20 Å². The van der Waals surface area contributed by atoms with Gasteiger partial charge < -0.3 is 16.0 Å². The number of primary amides is 1. The van der Waals surface area contributed by atoms with Crippen LogP contribution in [0, 0.1) is 17.2 Å². The Balaban J connectivity index is 1.77. The molecule has 0 bridgehead atoms. The summed E-state index contributed by atoms with van der Waals surface area (Å²) in [6, 6.07) is 2.11. The Morgan fingerprint density at radius 3 is 2.52 bits per heavy atom. The van der Waals surface area contributed by atoms with Crippen molar-refractivity contribution in [3.05, 3.63) is 11.8 Å². The van der Waals surface area contributed by atoms with Crippen molar-refractivity contribution in [3.8, 4) is 6.07 Å². The minimum atomic E-state index is -4.21. The fraction of sp³-hybridized carbons (Fsp3) is 0.667. The molecule has 3 N–H and O–H groups in total. The maximum Gasteiger partial charge on any atom is 0.390 e. The van der Waals surface area contributed by atoms with Gasteiger partial charge in [-0.15, -0.1) is 0 Å². The Kier molecular flexibility index (Phi) is 5.84. The van der Waals surface area contributed by atoms with Crippen molar-refractivity contribution >= 4 is 17.6 Å². The molecule has 1 saturated heterocycles. The van der Waals surface area contributed by atoms with E-state index in [9.17, 15) is 28.0 Å². The molecule has 29 heavy (non-hydrogen) atoms. The minimum Gasteiger partial charge on any atom is -0.365 e. The molecule has 0 spiro atoms. The zero-order valence-corrected chi connectivity index (χ0v) is 15.8. The van der Waals surface area contributed by atoms with Crippen LogP contribution in [0.3, 0.4) is 0 Å². The number of nitriles is 1. The van der Waals surface area contributed by atoms with Gasteiger partial charge in [0, 0.05) is 31.7 Å². The van der Waals surface area contributed by atoms with E-state index in [4.69, 9.17) is 5.73 Å². The van der Waals surface area contributed by atoms with Gasteiger partial charge >= 0.3 is 6.18 Å². The summed E-state index contributed by atoms with van der Waals surface area (Å²) in [6.07, 6.45) is -1.24. The maximum absolute atomic E-state index is 12.5. The average molecular weight is 412 g/mol. The summed E-state index contributed by atoms with van der Waals surface area (Å²) < 4.78 is 38.9. The molecule has 1 aromatic heterocycles. The monoisotopic (exact) mass is 412 g/mol. The molecular formula is C18H23F3N6O2. The van der Waals surface area contributed by atoms with Gasteiger partial charge in [0.25, 0.3) is 5.91 Å². The van der Waals surface area contributed by atoms with E-state index in [2.05, 4.69) is 16.5 Å². The average Bonchev–Trinajstić information content (AvgIpc) is 3.41. The first kappa shape index (κ1) is 21.1. The van der Waals surface area contributed by atoms with Crippen molar-refractivity contribution in [3.63, 3.8) is 0 Å². The zero-order valence-electron chi connectivity index (χ0n) is 15.8. The van der Waals surface area contributed by atoms with Gasteiger partial charge in [-0.2, -0.15) is 23.5 Å². The molecule has 0 radical (unpaired) electrons. The summed E-state index contributed by atoms with van der Waals surface area (Å²) in [7, 11) is 0. The van der Waals surface area contributed by atoms with Crippen molar-refractivity contribution < 1.29 is 22.8 Å². The van der Waals surface area contributed by atoms with Gasteiger partial charge in [-0.25, -0.2) is 0 Å². The van der Waals surface area contributed by atoms with Crippen LogP contribution in [0.5, 0.6) is 0 Å². The highest BCUT2D eigenvalue weighted by Crippen LogP contribution is 2.36. The van der Waals surface area contributed by atoms with Gasteiger partial charge in [0.2, 0.25) is 5.91 Å². The van der Waals surface area contributed by atoms with Crippen LogP contribution in [0.25, 0.3) is 0 Å². The second-order valence-electron chi connectivity index (χ2n) is 7.73. The van der Waals surface area contributed by atoms with Gasteiger partial charge in [0.1, 0.15) is 5.56 Å². The summed E-state index contributed by atoms with van der Waals surface area (Å²) in [5, 5.41) is 16.3. The number of hydrogen-bond donors (Lipinski definition) is 2. The topological polar surface area (TPSA) is 117 Å². The smallest absolute Gasteiger partial charge is 0.365 e. The lowest BCUT2D eigenvalue weighted by Crippen LogP contribution is -2.47. The van der Waals surface area contributed by atoms with Crippen LogP contribution < -0.4 is 11.1 Å². The van der Waals surface area contributed by atoms with E-state index in [1.807, 2.05) is 0 Å². The predicted molar refractivity (Wildman–Crippen MR) is 96.6 cm³/mol.